The number of anilines is 1. The molecule has 2 aliphatic rings. The van der Waals surface area contributed by atoms with E-state index >= 15 is 0 Å². The number of hydrogen-bond acceptors (Lipinski definition) is 3. The lowest BCUT2D eigenvalue weighted by Crippen LogP contribution is -2.39. The molecular weight excluding hydrogens is 252 g/mol. The van der Waals surface area contributed by atoms with Gasteiger partial charge in [0, 0.05) is 25.2 Å². The highest BCUT2D eigenvalue weighted by Crippen LogP contribution is 2.31. The van der Waals surface area contributed by atoms with Crippen molar-refractivity contribution in [2.45, 2.75) is 44.1 Å². The normalized spacial score (nSPS) is 23.1. The quantitative estimate of drug-likeness (QED) is 0.858. The van der Waals surface area contributed by atoms with Crippen molar-refractivity contribution in [3.05, 3.63) is 29.8 Å². The molecule has 1 aliphatic heterocycles. The Hall–Kier alpha value is -1.84. The second kappa shape index (κ2) is 5.27. The van der Waals surface area contributed by atoms with Gasteiger partial charge in [0.05, 0.1) is 5.92 Å². The molecule has 0 aromatic heterocycles. The molecule has 20 heavy (non-hydrogen) atoms. The van der Waals surface area contributed by atoms with E-state index in [2.05, 4.69) is 29.4 Å². The van der Waals surface area contributed by atoms with Crippen molar-refractivity contribution in [2.75, 3.05) is 11.9 Å². The second-order valence-electron chi connectivity index (χ2n) is 5.79. The molecular formula is C16H20N2O2. The molecule has 1 atom stereocenters. The predicted octanol–water partition coefficient (Wildman–Crippen LogP) is 2.20. The zero-order valence-corrected chi connectivity index (χ0v) is 11.8. The maximum Gasteiger partial charge on any atom is 0.234 e. The number of imide groups is 1. The largest absolute Gasteiger partial charge is 0.372 e. The van der Waals surface area contributed by atoms with Crippen LogP contribution in [0, 0.1) is 0 Å². The fraction of sp³-hybridized carbons (Fsp3) is 0.500. The molecule has 2 amide bonds. The number of hydrogen-bond donors (Lipinski definition) is 1. The summed E-state index contributed by atoms with van der Waals surface area (Å²) < 4.78 is 0. The first-order valence-electron chi connectivity index (χ1n) is 7.31. The smallest absolute Gasteiger partial charge is 0.234 e. The minimum absolute atomic E-state index is 0.158. The molecule has 1 aromatic carbocycles. The van der Waals surface area contributed by atoms with E-state index in [9.17, 15) is 9.59 Å². The topological polar surface area (TPSA) is 49.4 Å². The van der Waals surface area contributed by atoms with Gasteiger partial charge in [0.15, 0.2) is 0 Å². The molecule has 4 heteroatoms. The zero-order chi connectivity index (χ0) is 14.1. The minimum atomic E-state index is -0.192. The van der Waals surface area contributed by atoms with Crippen molar-refractivity contribution in [3.8, 4) is 0 Å². The van der Waals surface area contributed by atoms with Gasteiger partial charge in [0.2, 0.25) is 11.8 Å². The van der Waals surface area contributed by atoms with E-state index in [1.807, 2.05) is 12.1 Å². The monoisotopic (exact) mass is 272 g/mol. The SMILES string of the molecule is CN(c1cccc(C2CCC(=O)NC2=O)c1)C1CCC1. The van der Waals surface area contributed by atoms with Gasteiger partial charge in [0.25, 0.3) is 0 Å². The van der Waals surface area contributed by atoms with Crippen LogP contribution >= 0.6 is 0 Å². The first kappa shape index (κ1) is 13.2. The summed E-state index contributed by atoms with van der Waals surface area (Å²) in [6.07, 6.45) is 4.85. The number of nitrogens with one attached hydrogen (secondary N) is 1. The first-order chi connectivity index (χ1) is 9.65. The van der Waals surface area contributed by atoms with Crippen LogP contribution in [0.1, 0.15) is 43.6 Å². The van der Waals surface area contributed by atoms with Crippen molar-refractivity contribution in [1.82, 2.24) is 5.32 Å². The van der Waals surface area contributed by atoms with E-state index in [-0.39, 0.29) is 17.7 Å². The van der Waals surface area contributed by atoms with Crippen LogP contribution in [0.25, 0.3) is 0 Å². The van der Waals surface area contributed by atoms with Crippen molar-refractivity contribution < 1.29 is 9.59 Å². The molecule has 0 bridgehead atoms. The highest BCUT2D eigenvalue weighted by atomic mass is 16.2. The summed E-state index contributed by atoms with van der Waals surface area (Å²) in [5.74, 6) is -0.513. The van der Waals surface area contributed by atoms with E-state index in [0.717, 1.165) is 11.3 Å². The van der Waals surface area contributed by atoms with Crippen LogP contribution in [0.5, 0.6) is 0 Å². The van der Waals surface area contributed by atoms with Gasteiger partial charge in [0.1, 0.15) is 0 Å². The number of benzene rings is 1. The standard InChI is InChI=1S/C16H20N2O2/c1-18(12-5-3-6-12)13-7-2-4-11(10-13)14-8-9-15(19)17-16(14)20/h2,4,7,10,12,14H,3,5-6,8-9H2,1H3,(H,17,19,20). The van der Waals surface area contributed by atoms with Gasteiger partial charge in [-0.25, -0.2) is 0 Å². The Labute approximate surface area is 119 Å². The molecule has 0 radical (unpaired) electrons. The molecule has 106 valence electrons. The Balaban J connectivity index is 1.80. The van der Waals surface area contributed by atoms with E-state index in [0.29, 0.717) is 18.9 Å². The lowest BCUT2D eigenvalue weighted by Gasteiger charge is -2.36. The van der Waals surface area contributed by atoms with Crippen LogP contribution in [-0.4, -0.2) is 24.9 Å². The van der Waals surface area contributed by atoms with Crippen molar-refractivity contribution in [2.24, 2.45) is 0 Å². The lowest BCUT2D eigenvalue weighted by atomic mass is 9.89. The molecule has 1 saturated carbocycles. The van der Waals surface area contributed by atoms with E-state index in [4.69, 9.17) is 0 Å². The maximum absolute atomic E-state index is 11.9. The highest BCUT2D eigenvalue weighted by Gasteiger charge is 2.28. The summed E-state index contributed by atoms with van der Waals surface area (Å²) in [6.45, 7) is 0. The highest BCUT2D eigenvalue weighted by molar-refractivity contribution is 6.01. The molecule has 1 aliphatic carbocycles. The third-order valence-electron chi connectivity index (χ3n) is 4.54. The maximum atomic E-state index is 11.9. The van der Waals surface area contributed by atoms with Crippen LogP contribution in [0.3, 0.4) is 0 Å². The van der Waals surface area contributed by atoms with Gasteiger partial charge in [-0.15, -0.1) is 0 Å². The third-order valence-corrected chi connectivity index (χ3v) is 4.54. The van der Waals surface area contributed by atoms with Gasteiger partial charge < -0.3 is 4.90 Å². The Kier molecular flexibility index (Phi) is 3.47. The average Bonchev–Trinajstić information content (AvgIpc) is 2.37. The molecule has 2 fully saturated rings. The molecule has 1 unspecified atom stereocenters. The number of carbonyl (C=O) groups excluding carboxylic acids is 2. The second-order valence-corrected chi connectivity index (χ2v) is 5.79. The molecule has 1 aromatic rings. The van der Waals surface area contributed by atoms with Crippen LogP contribution in [0.4, 0.5) is 5.69 Å². The number of rotatable bonds is 3. The fourth-order valence-electron chi connectivity index (χ4n) is 2.96. The van der Waals surface area contributed by atoms with Gasteiger partial charge in [-0.2, -0.15) is 0 Å². The molecule has 1 heterocycles. The van der Waals surface area contributed by atoms with E-state index < -0.39 is 0 Å². The Bertz CT molecular complexity index is 537. The minimum Gasteiger partial charge on any atom is -0.372 e. The van der Waals surface area contributed by atoms with Gasteiger partial charge in [-0.05, 0) is 43.4 Å². The van der Waals surface area contributed by atoms with Crippen LogP contribution in [0.2, 0.25) is 0 Å². The molecule has 0 spiro atoms. The summed E-state index contributed by atoms with van der Waals surface area (Å²) in [4.78, 5) is 25.5. The lowest BCUT2D eigenvalue weighted by molar-refractivity contribution is -0.134. The summed E-state index contributed by atoms with van der Waals surface area (Å²) >= 11 is 0. The molecule has 4 nitrogen and oxygen atoms in total. The molecule has 1 N–H and O–H groups in total. The summed E-state index contributed by atoms with van der Waals surface area (Å²) in [7, 11) is 2.12. The van der Waals surface area contributed by atoms with Gasteiger partial charge in [-0.3, -0.25) is 14.9 Å². The van der Waals surface area contributed by atoms with Crippen molar-refractivity contribution >= 4 is 17.5 Å². The summed E-state index contributed by atoms with van der Waals surface area (Å²) in [5.41, 5.74) is 2.18. The van der Waals surface area contributed by atoms with Crippen molar-refractivity contribution in [1.29, 1.82) is 0 Å². The Morgan fingerprint density at radius 1 is 1.20 bits per heavy atom. The first-order valence-corrected chi connectivity index (χ1v) is 7.31. The fourth-order valence-corrected chi connectivity index (χ4v) is 2.96. The van der Waals surface area contributed by atoms with Crippen molar-refractivity contribution in [3.63, 3.8) is 0 Å². The summed E-state index contributed by atoms with van der Waals surface area (Å²) in [6, 6.07) is 8.81. The Morgan fingerprint density at radius 2 is 2.00 bits per heavy atom. The van der Waals surface area contributed by atoms with Crippen LogP contribution in [-0.2, 0) is 9.59 Å². The average molecular weight is 272 g/mol. The van der Waals surface area contributed by atoms with Crippen LogP contribution in [0.15, 0.2) is 24.3 Å². The van der Waals surface area contributed by atoms with E-state index in [1.165, 1.54) is 19.3 Å². The number of amides is 2. The predicted molar refractivity (Wildman–Crippen MR) is 77.6 cm³/mol. The molecule has 1 saturated heterocycles. The number of nitrogens with zero attached hydrogens (tertiary/aromatic N) is 1. The zero-order valence-electron chi connectivity index (χ0n) is 11.8. The summed E-state index contributed by atoms with van der Waals surface area (Å²) in [5, 5.41) is 2.43. The van der Waals surface area contributed by atoms with Crippen LogP contribution < -0.4 is 10.2 Å². The molecule has 3 rings (SSSR count). The number of carbonyl (C=O) groups is 2. The third kappa shape index (κ3) is 2.42. The van der Waals surface area contributed by atoms with Gasteiger partial charge >= 0.3 is 0 Å². The number of piperidine rings is 1. The van der Waals surface area contributed by atoms with E-state index in [1.54, 1.807) is 0 Å². The van der Waals surface area contributed by atoms with Gasteiger partial charge in [-0.1, -0.05) is 12.1 Å². The Morgan fingerprint density at radius 3 is 2.65 bits per heavy atom.